The van der Waals surface area contributed by atoms with E-state index in [9.17, 15) is 9.59 Å². The number of esters is 1. The minimum absolute atomic E-state index is 0.170. The standard InChI is InChI=1S/C14H19NO5/c1-14(2,3)20-13(17)15-6-5-9-7-10(12(16)18-4)19-11(9)8-15/h7H,5-6,8H2,1-4H3. The largest absolute Gasteiger partial charge is 0.463 e. The number of ether oxygens (including phenoxy) is 2. The highest BCUT2D eigenvalue weighted by atomic mass is 16.6. The Bertz CT molecular complexity index is 526. The monoisotopic (exact) mass is 281 g/mol. The third-order valence-corrected chi connectivity index (χ3v) is 2.92. The molecule has 2 rings (SSSR count). The van der Waals surface area contributed by atoms with E-state index >= 15 is 0 Å². The second kappa shape index (κ2) is 5.19. The fraction of sp³-hybridized carbons (Fsp3) is 0.571. The van der Waals surface area contributed by atoms with Crippen LogP contribution in [0.15, 0.2) is 10.5 Å². The third kappa shape index (κ3) is 3.12. The number of hydrogen-bond donors (Lipinski definition) is 0. The summed E-state index contributed by atoms with van der Waals surface area (Å²) in [6, 6.07) is 1.67. The van der Waals surface area contributed by atoms with Crippen molar-refractivity contribution in [1.29, 1.82) is 0 Å². The average Bonchev–Trinajstić information content (AvgIpc) is 2.78. The van der Waals surface area contributed by atoms with Crippen LogP contribution >= 0.6 is 0 Å². The molecule has 110 valence electrons. The van der Waals surface area contributed by atoms with Crippen LogP contribution < -0.4 is 0 Å². The predicted molar refractivity (Wildman–Crippen MR) is 70.4 cm³/mol. The fourth-order valence-electron chi connectivity index (χ4n) is 2.00. The first-order valence-electron chi connectivity index (χ1n) is 6.48. The van der Waals surface area contributed by atoms with E-state index in [0.29, 0.717) is 25.3 Å². The lowest BCUT2D eigenvalue weighted by molar-refractivity contribution is 0.0208. The molecule has 0 spiro atoms. The van der Waals surface area contributed by atoms with Gasteiger partial charge >= 0.3 is 12.1 Å². The molecule has 1 aromatic heterocycles. The van der Waals surface area contributed by atoms with Crippen molar-refractivity contribution in [2.24, 2.45) is 0 Å². The van der Waals surface area contributed by atoms with Crippen LogP contribution in [0.4, 0.5) is 4.79 Å². The molecule has 2 heterocycles. The number of fused-ring (bicyclic) bond motifs is 1. The third-order valence-electron chi connectivity index (χ3n) is 2.92. The summed E-state index contributed by atoms with van der Waals surface area (Å²) in [7, 11) is 1.30. The molecular formula is C14H19NO5. The van der Waals surface area contributed by atoms with Crippen LogP contribution in [-0.4, -0.2) is 36.2 Å². The zero-order chi connectivity index (χ0) is 14.9. The summed E-state index contributed by atoms with van der Waals surface area (Å²) in [6.45, 7) is 6.32. The van der Waals surface area contributed by atoms with Gasteiger partial charge in [0.2, 0.25) is 5.76 Å². The first-order valence-corrected chi connectivity index (χ1v) is 6.48. The summed E-state index contributed by atoms with van der Waals surface area (Å²) in [5.74, 6) is 0.272. The fourth-order valence-corrected chi connectivity index (χ4v) is 2.00. The molecule has 1 amide bonds. The van der Waals surface area contributed by atoms with Crippen LogP contribution in [-0.2, 0) is 22.4 Å². The number of nitrogens with zero attached hydrogens (tertiary/aromatic N) is 1. The Labute approximate surface area is 117 Å². The molecule has 0 saturated heterocycles. The first kappa shape index (κ1) is 14.4. The highest BCUT2D eigenvalue weighted by Crippen LogP contribution is 2.24. The molecule has 0 radical (unpaired) electrons. The number of methoxy groups -OCH3 is 1. The van der Waals surface area contributed by atoms with Gasteiger partial charge in [-0.25, -0.2) is 9.59 Å². The molecule has 1 aliphatic heterocycles. The Kier molecular flexibility index (Phi) is 3.74. The van der Waals surface area contributed by atoms with Gasteiger partial charge in [0, 0.05) is 6.54 Å². The van der Waals surface area contributed by atoms with Crippen molar-refractivity contribution in [3.63, 3.8) is 0 Å². The molecule has 0 atom stereocenters. The van der Waals surface area contributed by atoms with Gasteiger partial charge in [0.1, 0.15) is 11.4 Å². The molecule has 0 fully saturated rings. The van der Waals surface area contributed by atoms with Crippen LogP contribution in [0.25, 0.3) is 0 Å². The molecule has 1 aromatic rings. The number of amides is 1. The topological polar surface area (TPSA) is 69.0 Å². The van der Waals surface area contributed by atoms with Gasteiger partial charge in [0.15, 0.2) is 0 Å². The van der Waals surface area contributed by atoms with Gasteiger partial charge in [-0.3, -0.25) is 0 Å². The number of furan rings is 1. The summed E-state index contributed by atoms with van der Waals surface area (Å²) < 4.78 is 15.4. The summed E-state index contributed by atoms with van der Waals surface area (Å²) >= 11 is 0. The lowest BCUT2D eigenvalue weighted by atomic mass is 10.1. The normalized spacial score (nSPS) is 14.7. The Morgan fingerprint density at radius 2 is 2.05 bits per heavy atom. The number of rotatable bonds is 1. The summed E-state index contributed by atoms with van der Waals surface area (Å²) in [5.41, 5.74) is 0.405. The number of carbonyl (C=O) groups excluding carboxylic acids is 2. The molecule has 6 heteroatoms. The maximum absolute atomic E-state index is 12.0. The molecule has 0 N–H and O–H groups in total. The van der Waals surface area contributed by atoms with E-state index < -0.39 is 11.6 Å². The molecule has 0 unspecified atom stereocenters. The van der Waals surface area contributed by atoms with E-state index in [2.05, 4.69) is 4.74 Å². The number of hydrogen-bond acceptors (Lipinski definition) is 5. The second-order valence-corrected chi connectivity index (χ2v) is 5.70. The van der Waals surface area contributed by atoms with Gasteiger partial charge < -0.3 is 18.8 Å². The Balaban J connectivity index is 2.09. The van der Waals surface area contributed by atoms with Crippen molar-refractivity contribution in [2.45, 2.75) is 39.3 Å². The number of carbonyl (C=O) groups is 2. The summed E-state index contributed by atoms with van der Waals surface area (Å²) in [6.07, 6.45) is 0.258. The van der Waals surface area contributed by atoms with Gasteiger partial charge in [-0.15, -0.1) is 0 Å². The van der Waals surface area contributed by atoms with E-state index in [1.54, 1.807) is 11.0 Å². The van der Waals surface area contributed by atoms with Crippen LogP contribution in [0.3, 0.4) is 0 Å². The van der Waals surface area contributed by atoms with E-state index in [1.807, 2.05) is 20.8 Å². The van der Waals surface area contributed by atoms with E-state index in [1.165, 1.54) is 7.11 Å². The lowest BCUT2D eigenvalue weighted by Gasteiger charge is -2.29. The molecule has 6 nitrogen and oxygen atoms in total. The SMILES string of the molecule is COC(=O)c1cc2c(o1)CN(C(=O)OC(C)(C)C)CC2. The molecule has 0 aromatic carbocycles. The molecule has 0 aliphatic carbocycles. The van der Waals surface area contributed by atoms with Gasteiger partial charge in [-0.2, -0.15) is 0 Å². The van der Waals surface area contributed by atoms with Crippen LogP contribution in [0.1, 0.15) is 42.6 Å². The van der Waals surface area contributed by atoms with Gasteiger partial charge in [-0.05, 0) is 38.8 Å². The van der Waals surface area contributed by atoms with Crippen molar-refractivity contribution >= 4 is 12.1 Å². The lowest BCUT2D eigenvalue weighted by Crippen LogP contribution is -2.39. The molecule has 20 heavy (non-hydrogen) atoms. The van der Waals surface area contributed by atoms with Crippen molar-refractivity contribution in [3.05, 3.63) is 23.2 Å². The minimum Gasteiger partial charge on any atom is -0.463 e. The predicted octanol–water partition coefficient (Wildman–Crippen LogP) is 2.36. The summed E-state index contributed by atoms with van der Waals surface area (Å²) in [4.78, 5) is 25.0. The highest BCUT2D eigenvalue weighted by Gasteiger charge is 2.29. The Hall–Kier alpha value is -1.98. The first-order chi connectivity index (χ1) is 9.30. The van der Waals surface area contributed by atoms with Gasteiger partial charge in [0.25, 0.3) is 0 Å². The van der Waals surface area contributed by atoms with E-state index in [0.717, 1.165) is 5.56 Å². The Morgan fingerprint density at radius 1 is 1.35 bits per heavy atom. The smallest absolute Gasteiger partial charge is 0.410 e. The van der Waals surface area contributed by atoms with Crippen LogP contribution in [0, 0.1) is 0 Å². The minimum atomic E-state index is -0.530. The van der Waals surface area contributed by atoms with E-state index in [4.69, 9.17) is 9.15 Å². The van der Waals surface area contributed by atoms with Gasteiger partial charge in [-0.1, -0.05) is 0 Å². The molecule has 0 saturated carbocycles. The zero-order valence-corrected chi connectivity index (χ0v) is 12.2. The van der Waals surface area contributed by atoms with Crippen molar-refractivity contribution in [2.75, 3.05) is 13.7 Å². The van der Waals surface area contributed by atoms with Crippen LogP contribution in [0.2, 0.25) is 0 Å². The van der Waals surface area contributed by atoms with Crippen molar-refractivity contribution in [1.82, 2.24) is 4.90 Å². The quantitative estimate of drug-likeness (QED) is 0.739. The molecular weight excluding hydrogens is 262 g/mol. The van der Waals surface area contributed by atoms with Crippen molar-refractivity contribution in [3.8, 4) is 0 Å². The van der Waals surface area contributed by atoms with Crippen molar-refractivity contribution < 1.29 is 23.5 Å². The average molecular weight is 281 g/mol. The molecule has 0 bridgehead atoms. The highest BCUT2D eigenvalue weighted by molar-refractivity contribution is 5.86. The van der Waals surface area contributed by atoms with E-state index in [-0.39, 0.29) is 11.9 Å². The maximum Gasteiger partial charge on any atom is 0.410 e. The zero-order valence-electron chi connectivity index (χ0n) is 12.2. The molecule has 1 aliphatic rings. The second-order valence-electron chi connectivity index (χ2n) is 5.70. The summed E-state index contributed by atoms with van der Waals surface area (Å²) in [5, 5.41) is 0. The van der Waals surface area contributed by atoms with Gasteiger partial charge in [0.05, 0.1) is 13.7 Å². The van der Waals surface area contributed by atoms with Crippen LogP contribution in [0.5, 0.6) is 0 Å². The Morgan fingerprint density at radius 3 is 2.65 bits per heavy atom. The maximum atomic E-state index is 12.0.